The van der Waals surface area contributed by atoms with Crippen LogP contribution in [-0.2, 0) is 16.1 Å². The molecule has 88 valence electrons. The summed E-state index contributed by atoms with van der Waals surface area (Å²) in [5, 5.41) is 6.86. The van der Waals surface area contributed by atoms with Crippen molar-refractivity contribution in [3.8, 4) is 0 Å². The van der Waals surface area contributed by atoms with Gasteiger partial charge in [0.1, 0.15) is 6.10 Å². The summed E-state index contributed by atoms with van der Waals surface area (Å²) < 4.78 is 5.28. The Labute approximate surface area is 93.8 Å². The third kappa shape index (κ3) is 2.40. The topological polar surface area (TPSA) is 84.2 Å². The van der Waals surface area contributed by atoms with Crippen LogP contribution in [0.2, 0.25) is 0 Å². The monoisotopic (exact) mass is 224 g/mol. The summed E-state index contributed by atoms with van der Waals surface area (Å²) in [6.07, 6.45) is 1.32. The molecule has 1 fully saturated rings. The van der Waals surface area contributed by atoms with Crippen molar-refractivity contribution in [2.75, 3.05) is 19.7 Å². The van der Waals surface area contributed by atoms with E-state index in [1.165, 1.54) is 0 Å². The van der Waals surface area contributed by atoms with Gasteiger partial charge < -0.3 is 10.5 Å². The van der Waals surface area contributed by atoms with Gasteiger partial charge >= 0.3 is 0 Å². The molecule has 6 heteroatoms. The van der Waals surface area contributed by atoms with Gasteiger partial charge in [0.25, 0.3) is 0 Å². The van der Waals surface area contributed by atoms with E-state index in [0.29, 0.717) is 13.2 Å². The Balaban J connectivity index is 1.95. The van der Waals surface area contributed by atoms with Crippen LogP contribution >= 0.6 is 0 Å². The summed E-state index contributed by atoms with van der Waals surface area (Å²) in [6.45, 7) is 4.67. The van der Waals surface area contributed by atoms with Crippen LogP contribution in [-0.4, -0.2) is 46.8 Å². The average molecular weight is 224 g/mol. The molecule has 1 aliphatic rings. The number of hydrogen-bond donors (Lipinski definition) is 2. The number of carbonyl (C=O) groups is 1. The maximum Gasteiger partial charge on any atom is 0.247 e. The fourth-order valence-corrected chi connectivity index (χ4v) is 1.79. The third-order valence-corrected chi connectivity index (χ3v) is 2.80. The number of aromatic nitrogens is 2. The van der Waals surface area contributed by atoms with Crippen LogP contribution in [0, 0.1) is 6.92 Å². The molecule has 0 bridgehead atoms. The Hall–Kier alpha value is -1.40. The second-order valence-electron chi connectivity index (χ2n) is 4.02. The Morgan fingerprint density at radius 3 is 3.25 bits per heavy atom. The van der Waals surface area contributed by atoms with Crippen molar-refractivity contribution in [1.29, 1.82) is 0 Å². The number of nitrogens with zero attached hydrogens (tertiary/aromatic N) is 2. The highest BCUT2D eigenvalue weighted by molar-refractivity contribution is 5.79. The van der Waals surface area contributed by atoms with Gasteiger partial charge in [-0.15, -0.1) is 0 Å². The lowest BCUT2D eigenvalue weighted by Gasteiger charge is -2.31. The number of carbonyl (C=O) groups excluding carboxylic acids is 1. The van der Waals surface area contributed by atoms with Gasteiger partial charge in [-0.1, -0.05) is 0 Å². The Morgan fingerprint density at radius 2 is 2.62 bits per heavy atom. The lowest BCUT2D eigenvalue weighted by atomic mass is 10.2. The molecule has 1 aliphatic heterocycles. The van der Waals surface area contributed by atoms with Crippen LogP contribution in [0.3, 0.4) is 0 Å². The minimum Gasteiger partial charge on any atom is -0.367 e. The fourth-order valence-electron chi connectivity index (χ4n) is 1.79. The molecule has 16 heavy (non-hydrogen) atoms. The molecule has 1 saturated heterocycles. The molecule has 2 rings (SSSR count). The van der Waals surface area contributed by atoms with Crippen molar-refractivity contribution in [2.45, 2.75) is 19.6 Å². The van der Waals surface area contributed by atoms with Gasteiger partial charge in [0, 0.05) is 30.9 Å². The van der Waals surface area contributed by atoms with Crippen LogP contribution in [0.1, 0.15) is 11.3 Å². The molecular formula is C10H16N4O2. The molecule has 1 amide bonds. The largest absolute Gasteiger partial charge is 0.367 e. The minimum atomic E-state index is -0.485. The number of primary amides is 1. The van der Waals surface area contributed by atoms with Crippen molar-refractivity contribution in [2.24, 2.45) is 5.73 Å². The molecule has 0 radical (unpaired) electrons. The first-order valence-corrected chi connectivity index (χ1v) is 5.29. The number of morpholine rings is 1. The first kappa shape index (κ1) is 11.1. The van der Waals surface area contributed by atoms with Crippen LogP contribution < -0.4 is 5.73 Å². The van der Waals surface area contributed by atoms with Crippen molar-refractivity contribution >= 4 is 5.91 Å². The van der Waals surface area contributed by atoms with E-state index >= 15 is 0 Å². The number of amides is 1. The van der Waals surface area contributed by atoms with E-state index in [9.17, 15) is 4.79 Å². The van der Waals surface area contributed by atoms with Gasteiger partial charge in [0.15, 0.2) is 0 Å². The highest BCUT2D eigenvalue weighted by Crippen LogP contribution is 2.11. The molecule has 3 N–H and O–H groups in total. The number of hydrogen-bond acceptors (Lipinski definition) is 4. The fraction of sp³-hybridized carbons (Fsp3) is 0.600. The number of nitrogens with two attached hydrogens (primary N) is 1. The van der Waals surface area contributed by atoms with Gasteiger partial charge in [-0.2, -0.15) is 5.10 Å². The zero-order valence-electron chi connectivity index (χ0n) is 9.27. The summed E-state index contributed by atoms with van der Waals surface area (Å²) in [5.41, 5.74) is 7.42. The van der Waals surface area contributed by atoms with E-state index in [0.717, 1.165) is 24.3 Å². The first-order chi connectivity index (χ1) is 7.66. The number of H-pyrrole nitrogens is 1. The van der Waals surface area contributed by atoms with Crippen molar-refractivity contribution in [1.82, 2.24) is 15.1 Å². The lowest BCUT2D eigenvalue weighted by molar-refractivity contribution is -0.135. The van der Waals surface area contributed by atoms with Gasteiger partial charge in [0.05, 0.1) is 12.8 Å². The first-order valence-electron chi connectivity index (χ1n) is 5.29. The van der Waals surface area contributed by atoms with Crippen molar-refractivity contribution < 1.29 is 9.53 Å². The molecule has 6 nitrogen and oxygen atoms in total. The molecule has 0 aromatic carbocycles. The Bertz CT molecular complexity index is 377. The smallest absolute Gasteiger partial charge is 0.247 e. The molecule has 1 aromatic rings. The molecule has 1 unspecified atom stereocenters. The average Bonchev–Trinajstić information content (AvgIpc) is 2.65. The van der Waals surface area contributed by atoms with E-state index in [4.69, 9.17) is 10.5 Å². The number of aryl methyl sites for hydroxylation is 1. The van der Waals surface area contributed by atoms with E-state index in [-0.39, 0.29) is 0 Å². The number of rotatable bonds is 3. The van der Waals surface area contributed by atoms with Crippen LogP contribution in [0.25, 0.3) is 0 Å². The van der Waals surface area contributed by atoms with E-state index in [1.807, 2.05) is 13.1 Å². The predicted octanol–water partition coefficient (Wildman–Crippen LogP) is -0.596. The van der Waals surface area contributed by atoms with Gasteiger partial charge in [-0.3, -0.25) is 14.8 Å². The second-order valence-corrected chi connectivity index (χ2v) is 4.02. The molecule has 2 heterocycles. The highest BCUT2D eigenvalue weighted by Gasteiger charge is 2.24. The number of aromatic amines is 1. The summed E-state index contributed by atoms with van der Waals surface area (Å²) in [7, 11) is 0. The van der Waals surface area contributed by atoms with Crippen molar-refractivity contribution in [3.63, 3.8) is 0 Å². The van der Waals surface area contributed by atoms with Crippen LogP contribution in [0.5, 0.6) is 0 Å². The summed E-state index contributed by atoms with van der Waals surface area (Å²) in [5.74, 6) is -0.395. The van der Waals surface area contributed by atoms with Gasteiger partial charge in [-0.05, 0) is 6.92 Å². The number of ether oxygens (including phenoxy) is 1. The molecule has 1 atom stereocenters. The SMILES string of the molecule is Cc1[nH]ncc1CN1CCOC(C(N)=O)C1. The number of nitrogens with one attached hydrogen (secondary N) is 1. The summed E-state index contributed by atoms with van der Waals surface area (Å²) in [6, 6.07) is 0. The van der Waals surface area contributed by atoms with E-state index in [2.05, 4.69) is 15.1 Å². The minimum absolute atomic E-state index is 0.395. The Kier molecular flexibility index (Phi) is 3.21. The highest BCUT2D eigenvalue weighted by atomic mass is 16.5. The molecular weight excluding hydrogens is 208 g/mol. The van der Waals surface area contributed by atoms with Crippen molar-refractivity contribution in [3.05, 3.63) is 17.5 Å². The van der Waals surface area contributed by atoms with Crippen LogP contribution in [0.4, 0.5) is 0 Å². The lowest BCUT2D eigenvalue weighted by Crippen LogP contribution is -2.47. The van der Waals surface area contributed by atoms with Gasteiger partial charge in [0.2, 0.25) is 5.91 Å². The molecule has 0 spiro atoms. The quantitative estimate of drug-likeness (QED) is 0.718. The maximum atomic E-state index is 11.0. The third-order valence-electron chi connectivity index (χ3n) is 2.80. The summed E-state index contributed by atoms with van der Waals surface area (Å²) >= 11 is 0. The van der Waals surface area contributed by atoms with E-state index in [1.54, 1.807) is 0 Å². The normalized spacial score (nSPS) is 22.2. The Morgan fingerprint density at radius 1 is 1.81 bits per heavy atom. The molecule has 0 saturated carbocycles. The second kappa shape index (κ2) is 4.63. The molecule has 1 aromatic heterocycles. The zero-order valence-corrected chi connectivity index (χ0v) is 9.27. The standard InChI is InChI=1S/C10H16N4O2/c1-7-8(4-12-13-7)5-14-2-3-16-9(6-14)10(11)15/h4,9H,2-3,5-6H2,1H3,(H2,11,15)(H,12,13). The summed E-state index contributed by atoms with van der Waals surface area (Å²) in [4.78, 5) is 13.2. The van der Waals surface area contributed by atoms with Gasteiger partial charge in [-0.25, -0.2) is 0 Å². The van der Waals surface area contributed by atoms with Crippen LogP contribution in [0.15, 0.2) is 6.20 Å². The zero-order chi connectivity index (χ0) is 11.5. The predicted molar refractivity (Wildman–Crippen MR) is 57.5 cm³/mol. The van der Waals surface area contributed by atoms with E-state index < -0.39 is 12.0 Å². The maximum absolute atomic E-state index is 11.0. The molecule has 0 aliphatic carbocycles.